The Morgan fingerprint density at radius 2 is 2.00 bits per heavy atom. The third-order valence-corrected chi connectivity index (χ3v) is 2.78. The smallest absolute Gasteiger partial charge is 0.0438 e. The van der Waals surface area contributed by atoms with Gasteiger partial charge in [0.05, 0.1) is 0 Å². The van der Waals surface area contributed by atoms with Crippen molar-refractivity contribution in [3.05, 3.63) is 34.9 Å². The van der Waals surface area contributed by atoms with E-state index < -0.39 is 0 Å². The van der Waals surface area contributed by atoms with Crippen molar-refractivity contribution < 1.29 is 0 Å². The Kier molecular flexibility index (Phi) is 4.39. The van der Waals surface area contributed by atoms with Gasteiger partial charge in [0, 0.05) is 17.6 Å². The van der Waals surface area contributed by atoms with Gasteiger partial charge in [0.2, 0.25) is 0 Å². The monoisotopic (exact) mass is 212 g/mol. The molecule has 14 heavy (non-hydrogen) atoms. The molecule has 1 atom stereocenters. The molecule has 0 heterocycles. The molecule has 0 radical (unpaired) electrons. The van der Waals surface area contributed by atoms with Gasteiger partial charge < -0.3 is 10.6 Å². The number of likely N-dealkylation sites (N-methyl/N-ethyl adjacent to an activating group) is 1. The second kappa shape index (κ2) is 5.35. The minimum atomic E-state index is 0.356. The Morgan fingerprint density at radius 3 is 2.50 bits per heavy atom. The van der Waals surface area contributed by atoms with Crippen molar-refractivity contribution in [1.29, 1.82) is 0 Å². The molecule has 0 aromatic heterocycles. The van der Waals surface area contributed by atoms with Crippen molar-refractivity contribution >= 4 is 11.6 Å². The van der Waals surface area contributed by atoms with E-state index in [-0.39, 0.29) is 0 Å². The summed E-state index contributed by atoms with van der Waals surface area (Å²) in [4.78, 5) is 2.13. The molecule has 2 N–H and O–H groups in total. The van der Waals surface area contributed by atoms with Gasteiger partial charge in [-0.15, -0.1) is 0 Å². The lowest BCUT2D eigenvalue weighted by Gasteiger charge is -2.22. The van der Waals surface area contributed by atoms with Gasteiger partial charge in [-0.3, -0.25) is 0 Å². The molecule has 1 unspecified atom stereocenters. The minimum absolute atomic E-state index is 0.356. The van der Waals surface area contributed by atoms with Crippen LogP contribution in [0.5, 0.6) is 0 Å². The molecule has 1 aromatic rings. The van der Waals surface area contributed by atoms with Crippen LogP contribution in [0.4, 0.5) is 0 Å². The van der Waals surface area contributed by atoms with Crippen molar-refractivity contribution in [3.8, 4) is 0 Å². The van der Waals surface area contributed by atoms with Crippen LogP contribution in [0.2, 0.25) is 5.02 Å². The number of nitrogens with zero attached hydrogens (tertiary/aromatic N) is 1. The van der Waals surface area contributed by atoms with E-state index in [1.54, 1.807) is 0 Å². The summed E-state index contributed by atoms with van der Waals surface area (Å²) in [5.41, 5.74) is 6.85. The van der Waals surface area contributed by atoms with Gasteiger partial charge in [-0.25, -0.2) is 0 Å². The Labute approximate surface area is 90.7 Å². The molecular weight excluding hydrogens is 196 g/mol. The van der Waals surface area contributed by atoms with Crippen LogP contribution in [0.1, 0.15) is 5.56 Å². The molecular formula is C11H17ClN2. The van der Waals surface area contributed by atoms with E-state index in [9.17, 15) is 0 Å². The Balaban J connectivity index is 2.72. The zero-order chi connectivity index (χ0) is 10.6. The van der Waals surface area contributed by atoms with E-state index in [2.05, 4.69) is 11.0 Å². The number of hydrogen-bond donors (Lipinski definition) is 1. The van der Waals surface area contributed by atoms with Crippen LogP contribution in [0.15, 0.2) is 24.3 Å². The molecule has 0 saturated heterocycles. The number of halogens is 1. The third-order valence-electron chi connectivity index (χ3n) is 2.42. The summed E-state index contributed by atoms with van der Waals surface area (Å²) in [5.74, 6) is 0. The van der Waals surface area contributed by atoms with E-state index in [0.717, 1.165) is 11.4 Å². The number of hydrogen-bond acceptors (Lipinski definition) is 2. The highest BCUT2D eigenvalue weighted by atomic mass is 35.5. The SMILES string of the molecule is CN(C)C(CN)Cc1ccccc1Cl. The maximum absolute atomic E-state index is 6.07. The highest BCUT2D eigenvalue weighted by molar-refractivity contribution is 6.31. The van der Waals surface area contributed by atoms with Crippen LogP contribution < -0.4 is 5.73 Å². The lowest BCUT2D eigenvalue weighted by atomic mass is 10.1. The number of benzene rings is 1. The van der Waals surface area contributed by atoms with Crippen LogP contribution in [0, 0.1) is 0 Å². The molecule has 78 valence electrons. The largest absolute Gasteiger partial charge is 0.329 e. The van der Waals surface area contributed by atoms with Crippen LogP contribution in [0.3, 0.4) is 0 Å². The lowest BCUT2D eigenvalue weighted by molar-refractivity contribution is 0.298. The average Bonchev–Trinajstić information content (AvgIpc) is 2.16. The van der Waals surface area contributed by atoms with Gasteiger partial charge in [-0.1, -0.05) is 29.8 Å². The van der Waals surface area contributed by atoms with Crippen LogP contribution >= 0.6 is 11.6 Å². The molecule has 1 rings (SSSR count). The summed E-state index contributed by atoms with van der Waals surface area (Å²) in [5, 5.41) is 0.827. The average molecular weight is 213 g/mol. The van der Waals surface area contributed by atoms with Gasteiger partial charge in [-0.05, 0) is 32.1 Å². The first kappa shape index (κ1) is 11.5. The maximum Gasteiger partial charge on any atom is 0.0438 e. The highest BCUT2D eigenvalue weighted by Crippen LogP contribution is 2.17. The van der Waals surface area contributed by atoms with Gasteiger partial charge in [-0.2, -0.15) is 0 Å². The van der Waals surface area contributed by atoms with Crippen LogP contribution in [-0.2, 0) is 6.42 Å². The maximum atomic E-state index is 6.07. The zero-order valence-corrected chi connectivity index (χ0v) is 9.46. The van der Waals surface area contributed by atoms with Gasteiger partial charge in [0.25, 0.3) is 0 Å². The predicted molar refractivity (Wildman–Crippen MR) is 61.7 cm³/mol. The molecule has 0 spiro atoms. The van der Waals surface area contributed by atoms with E-state index in [1.165, 1.54) is 5.56 Å². The molecule has 1 aromatic carbocycles. The molecule has 0 aliphatic carbocycles. The standard InChI is InChI=1S/C11H17ClN2/c1-14(2)10(8-13)7-9-5-3-4-6-11(9)12/h3-6,10H,7-8,13H2,1-2H3. The topological polar surface area (TPSA) is 29.3 Å². The fourth-order valence-corrected chi connectivity index (χ4v) is 1.61. The van der Waals surface area contributed by atoms with E-state index in [0.29, 0.717) is 12.6 Å². The van der Waals surface area contributed by atoms with Crippen molar-refractivity contribution in [2.24, 2.45) is 5.73 Å². The quantitative estimate of drug-likeness (QED) is 0.825. The molecule has 0 aliphatic heterocycles. The third kappa shape index (κ3) is 2.98. The van der Waals surface area contributed by atoms with E-state index >= 15 is 0 Å². The summed E-state index contributed by atoms with van der Waals surface area (Å²) in [7, 11) is 4.07. The van der Waals surface area contributed by atoms with Crippen molar-refractivity contribution in [2.45, 2.75) is 12.5 Å². The minimum Gasteiger partial charge on any atom is -0.329 e. The fraction of sp³-hybridized carbons (Fsp3) is 0.455. The second-order valence-electron chi connectivity index (χ2n) is 3.65. The normalized spacial score (nSPS) is 13.2. The van der Waals surface area contributed by atoms with E-state index in [4.69, 9.17) is 17.3 Å². The molecule has 0 fully saturated rings. The summed E-state index contributed by atoms with van der Waals surface area (Å²) < 4.78 is 0. The molecule has 3 heteroatoms. The van der Waals surface area contributed by atoms with Crippen LogP contribution in [-0.4, -0.2) is 31.6 Å². The molecule has 0 amide bonds. The molecule has 0 aliphatic rings. The predicted octanol–water partition coefficient (Wildman–Crippen LogP) is 1.77. The Hall–Kier alpha value is -0.570. The summed E-state index contributed by atoms with van der Waals surface area (Å²) in [6.45, 7) is 0.651. The molecule has 0 saturated carbocycles. The second-order valence-corrected chi connectivity index (χ2v) is 4.06. The van der Waals surface area contributed by atoms with Crippen molar-refractivity contribution in [3.63, 3.8) is 0 Å². The summed E-state index contributed by atoms with van der Waals surface area (Å²) in [6.07, 6.45) is 0.906. The highest BCUT2D eigenvalue weighted by Gasteiger charge is 2.11. The first-order chi connectivity index (χ1) is 6.65. The first-order valence-corrected chi connectivity index (χ1v) is 5.13. The zero-order valence-electron chi connectivity index (χ0n) is 8.70. The number of nitrogens with two attached hydrogens (primary N) is 1. The van der Waals surface area contributed by atoms with Crippen molar-refractivity contribution in [1.82, 2.24) is 4.90 Å². The summed E-state index contributed by atoms with van der Waals surface area (Å²) >= 11 is 6.07. The van der Waals surface area contributed by atoms with Crippen molar-refractivity contribution in [2.75, 3.05) is 20.6 Å². The van der Waals surface area contributed by atoms with Gasteiger partial charge >= 0.3 is 0 Å². The molecule has 2 nitrogen and oxygen atoms in total. The van der Waals surface area contributed by atoms with E-state index in [1.807, 2.05) is 32.3 Å². The van der Waals surface area contributed by atoms with Gasteiger partial charge in [0.1, 0.15) is 0 Å². The fourth-order valence-electron chi connectivity index (χ4n) is 1.39. The summed E-state index contributed by atoms with van der Waals surface area (Å²) in [6, 6.07) is 8.27. The lowest BCUT2D eigenvalue weighted by Crippen LogP contribution is -2.36. The Morgan fingerprint density at radius 1 is 1.36 bits per heavy atom. The Bertz CT molecular complexity index is 286. The van der Waals surface area contributed by atoms with Crippen LogP contribution in [0.25, 0.3) is 0 Å². The first-order valence-electron chi connectivity index (χ1n) is 4.75. The van der Waals surface area contributed by atoms with Gasteiger partial charge in [0.15, 0.2) is 0 Å². The number of rotatable bonds is 4. The molecule has 0 bridgehead atoms.